The SMILES string of the molecule is CSc1c(C)c(C#N)c(=O)n(NC(=O)C(c2ccccc2)c2ccccc2)c1C. The number of carbonyl (C=O) groups excluding carboxylic acids is 1. The Morgan fingerprint density at radius 2 is 1.55 bits per heavy atom. The molecule has 0 bridgehead atoms. The molecule has 1 amide bonds. The third kappa shape index (κ3) is 3.96. The first-order chi connectivity index (χ1) is 14.0. The second-order valence-electron chi connectivity index (χ2n) is 6.60. The van der Waals surface area contributed by atoms with Gasteiger partial charge in [0.1, 0.15) is 11.6 Å². The van der Waals surface area contributed by atoms with Crippen molar-refractivity contribution in [3.63, 3.8) is 0 Å². The number of amides is 1. The second kappa shape index (κ2) is 8.80. The topological polar surface area (TPSA) is 74.9 Å². The normalized spacial score (nSPS) is 10.6. The standard InChI is InChI=1S/C23H21N3O2S/c1-15-19(14-24)23(28)26(16(2)21(15)29-3)25-22(27)20(17-10-6-4-7-11-17)18-12-8-5-9-13-18/h4-13,20H,1-3H3,(H,25,27). The molecule has 0 aliphatic carbocycles. The van der Waals surface area contributed by atoms with Gasteiger partial charge >= 0.3 is 0 Å². The summed E-state index contributed by atoms with van der Waals surface area (Å²) in [5, 5.41) is 9.45. The Hall–Kier alpha value is -3.30. The van der Waals surface area contributed by atoms with Crippen LogP contribution in [0.1, 0.15) is 33.9 Å². The number of nitrogens with one attached hydrogen (secondary N) is 1. The first-order valence-electron chi connectivity index (χ1n) is 9.10. The molecule has 0 saturated heterocycles. The third-order valence-corrected chi connectivity index (χ3v) is 5.87. The summed E-state index contributed by atoms with van der Waals surface area (Å²) in [7, 11) is 0. The monoisotopic (exact) mass is 403 g/mol. The highest BCUT2D eigenvalue weighted by Crippen LogP contribution is 2.27. The Bertz CT molecular complexity index is 1090. The van der Waals surface area contributed by atoms with Crippen LogP contribution in [0.5, 0.6) is 0 Å². The fraction of sp³-hybridized carbons (Fsp3) is 0.174. The van der Waals surface area contributed by atoms with Gasteiger partial charge in [0, 0.05) is 4.90 Å². The summed E-state index contributed by atoms with van der Waals surface area (Å²) < 4.78 is 1.19. The molecule has 0 radical (unpaired) electrons. The highest BCUT2D eigenvalue weighted by Gasteiger charge is 2.25. The van der Waals surface area contributed by atoms with Crippen molar-refractivity contribution in [2.24, 2.45) is 0 Å². The number of rotatable bonds is 5. The van der Waals surface area contributed by atoms with E-state index in [0.717, 1.165) is 16.0 Å². The highest BCUT2D eigenvalue weighted by molar-refractivity contribution is 7.98. The molecule has 6 heteroatoms. The Labute approximate surface area is 174 Å². The average molecular weight is 404 g/mol. The lowest BCUT2D eigenvalue weighted by atomic mass is 9.91. The number of pyridine rings is 1. The van der Waals surface area contributed by atoms with E-state index in [1.807, 2.05) is 73.0 Å². The number of aromatic nitrogens is 1. The van der Waals surface area contributed by atoms with Gasteiger partial charge in [0.15, 0.2) is 0 Å². The molecular formula is C23H21N3O2S. The summed E-state index contributed by atoms with van der Waals surface area (Å²) in [6, 6.07) is 20.8. The molecule has 0 aliphatic heterocycles. The maximum absolute atomic E-state index is 13.3. The molecular weight excluding hydrogens is 382 g/mol. The fourth-order valence-electron chi connectivity index (χ4n) is 3.44. The van der Waals surface area contributed by atoms with Gasteiger partial charge in [0.05, 0.1) is 11.6 Å². The van der Waals surface area contributed by atoms with Gasteiger partial charge in [-0.15, -0.1) is 11.8 Å². The first kappa shape index (κ1) is 20.4. The summed E-state index contributed by atoms with van der Waals surface area (Å²) in [5.74, 6) is -0.930. The predicted octanol–water partition coefficient (Wildman–Crippen LogP) is 3.96. The molecule has 1 heterocycles. The molecule has 146 valence electrons. The van der Waals surface area contributed by atoms with Crippen molar-refractivity contribution in [3.05, 3.63) is 99.0 Å². The van der Waals surface area contributed by atoms with Crippen LogP contribution in [-0.4, -0.2) is 16.8 Å². The number of carbonyl (C=O) groups is 1. The highest BCUT2D eigenvalue weighted by atomic mass is 32.2. The third-order valence-electron chi connectivity index (χ3n) is 4.86. The van der Waals surface area contributed by atoms with Crippen LogP contribution in [0, 0.1) is 25.2 Å². The van der Waals surface area contributed by atoms with E-state index in [1.165, 1.54) is 16.4 Å². The van der Waals surface area contributed by atoms with E-state index in [4.69, 9.17) is 0 Å². The van der Waals surface area contributed by atoms with Crippen LogP contribution in [0.25, 0.3) is 0 Å². The van der Waals surface area contributed by atoms with E-state index < -0.39 is 11.5 Å². The molecule has 1 aromatic heterocycles. The Morgan fingerprint density at radius 1 is 1.03 bits per heavy atom. The van der Waals surface area contributed by atoms with Crippen molar-refractivity contribution in [3.8, 4) is 6.07 Å². The summed E-state index contributed by atoms with van der Waals surface area (Å²) in [6.45, 7) is 3.52. The van der Waals surface area contributed by atoms with Crippen LogP contribution in [0.2, 0.25) is 0 Å². The van der Waals surface area contributed by atoms with Crippen LogP contribution < -0.4 is 11.0 Å². The molecule has 0 saturated carbocycles. The molecule has 0 fully saturated rings. The lowest BCUT2D eigenvalue weighted by Crippen LogP contribution is -2.39. The molecule has 29 heavy (non-hydrogen) atoms. The van der Waals surface area contributed by atoms with Crippen LogP contribution in [0.3, 0.4) is 0 Å². The molecule has 3 aromatic rings. The van der Waals surface area contributed by atoms with E-state index in [-0.39, 0.29) is 11.5 Å². The van der Waals surface area contributed by atoms with E-state index in [9.17, 15) is 14.9 Å². The number of nitriles is 1. The van der Waals surface area contributed by atoms with Crippen molar-refractivity contribution in [1.82, 2.24) is 4.68 Å². The Kier molecular flexibility index (Phi) is 6.20. The molecule has 0 aliphatic rings. The van der Waals surface area contributed by atoms with Crippen molar-refractivity contribution in [1.29, 1.82) is 5.26 Å². The maximum atomic E-state index is 13.3. The summed E-state index contributed by atoms with van der Waals surface area (Å²) in [5.41, 5.74) is 5.15. The molecule has 5 nitrogen and oxygen atoms in total. The smallest absolute Gasteiger partial charge is 0.272 e. The lowest BCUT2D eigenvalue weighted by molar-refractivity contribution is -0.117. The number of benzene rings is 2. The van der Waals surface area contributed by atoms with Gasteiger partial charge in [-0.05, 0) is 36.8 Å². The number of nitrogens with zero attached hydrogens (tertiary/aromatic N) is 2. The molecule has 0 spiro atoms. The molecule has 0 atom stereocenters. The van der Waals surface area contributed by atoms with Gasteiger partial charge < -0.3 is 0 Å². The van der Waals surface area contributed by atoms with Gasteiger partial charge in [-0.3, -0.25) is 15.0 Å². The Balaban J connectivity index is 2.11. The lowest BCUT2D eigenvalue weighted by Gasteiger charge is -2.21. The zero-order valence-electron chi connectivity index (χ0n) is 16.5. The minimum absolute atomic E-state index is 0.0382. The minimum atomic E-state index is -0.590. The summed E-state index contributed by atoms with van der Waals surface area (Å²) in [4.78, 5) is 27.0. The van der Waals surface area contributed by atoms with Crippen LogP contribution in [-0.2, 0) is 4.79 Å². The molecule has 0 unspecified atom stereocenters. The Morgan fingerprint density at radius 3 is 2.00 bits per heavy atom. The van der Waals surface area contributed by atoms with Crippen LogP contribution >= 0.6 is 11.8 Å². The molecule has 1 N–H and O–H groups in total. The van der Waals surface area contributed by atoms with Crippen molar-refractivity contribution >= 4 is 17.7 Å². The van der Waals surface area contributed by atoms with E-state index in [2.05, 4.69) is 5.43 Å². The van der Waals surface area contributed by atoms with Crippen molar-refractivity contribution < 1.29 is 4.79 Å². The zero-order chi connectivity index (χ0) is 21.0. The number of hydrogen-bond donors (Lipinski definition) is 1. The summed E-state index contributed by atoms with van der Waals surface area (Å²) in [6.07, 6.45) is 1.88. The van der Waals surface area contributed by atoms with Crippen molar-refractivity contribution in [2.75, 3.05) is 11.7 Å². The van der Waals surface area contributed by atoms with E-state index in [0.29, 0.717) is 11.3 Å². The first-order valence-corrected chi connectivity index (χ1v) is 10.3. The van der Waals surface area contributed by atoms with Gasteiger partial charge in [0.2, 0.25) is 0 Å². The van der Waals surface area contributed by atoms with Gasteiger partial charge in [-0.2, -0.15) is 5.26 Å². The van der Waals surface area contributed by atoms with Crippen molar-refractivity contribution in [2.45, 2.75) is 24.7 Å². The number of thioether (sulfide) groups is 1. The number of hydrogen-bond acceptors (Lipinski definition) is 4. The van der Waals surface area contributed by atoms with Gasteiger partial charge in [-0.1, -0.05) is 60.7 Å². The van der Waals surface area contributed by atoms with Crippen LogP contribution in [0.15, 0.2) is 70.4 Å². The predicted molar refractivity (Wildman–Crippen MR) is 116 cm³/mol. The van der Waals surface area contributed by atoms with E-state index in [1.54, 1.807) is 13.8 Å². The largest absolute Gasteiger partial charge is 0.287 e. The van der Waals surface area contributed by atoms with Gasteiger partial charge in [-0.25, -0.2) is 4.68 Å². The van der Waals surface area contributed by atoms with E-state index >= 15 is 0 Å². The van der Waals surface area contributed by atoms with Gasteiger partial charge in [0.25, 0.3) is 11.5 Å². The molecule has 2 aromatic carbocycles. The fourth-order valence-corrected chi connectivity index (χ4v) is 4.23. The summed E-state index contributed by atoms with van der Waals surface area (Å²) >= 11 is 1.44. The van der Waals surface area contributed by atoms with Crippen LogP contribution in [0.4, 0.5) is 0 Å². The molecule has 3 rings (SSSR count). The quantitative estimate of drug-likeness (QED) is 0.655. The average Bonchev–Trinajstić information content (AvgIpc) is 2.74. The zero-order valence-corrected chi connectivity index (χ0v) is 17.3. The maximum Gasteiger partial charge on any atom is 0.287 e. The second-order valence-corrected chi connectivity index (χ2v) is 7.42. The minimum Gasteiger partial charge on any atom is -0.272 e.